The maximum atomic E-state index is 12.3. The van der Waals surface area contributed by atoms with Gasteiger partial charge in [0.25, 0.3) is 15.9 Å². The second-order valence-corrected chi connectivity index (χ2v) is 7.07. The molecule has 2 aromatic carbocycles. The summed E-state index contributed by atoms with van der Waals surface area (Å²) in [6, 6.07) is 13.3. The smallest absolute Gasteiger partial charge is 0.264 e. The van der Waals surface area contributed by atoms with Gasteiger partial charge in [-0.2, -0.15) is 0 Å². The Morgan fingerprint density at radius 1 is 1.17 bits per heavy atom. The molecule has 0 spiro atoms. The van der Waals surface area contributed by atoms with Gasteiger partial charge < -0.3 is 5.32 Å². The molecule has 7 heteroatoms. The highest BCUT2D eigenvalue weighted by molar-refractivity contribution is 7.89. The lowest BCUT2D eigenvalue weighted by Crippen LogP contribution is -2.26. The van der Waals surface area contributed by atoms with E-state index in [1.165, 1.54) is 37.9 Å². The maximum absolute atomic E-state index is 12.3. The number of nitrogens with zero attached hydrogens (tertiary/aromatic N) is 1. The summed E-state index contributed by atoms with van der Waals surface area (Å²) >= 11 is 0. The molecule has 0 radical (unpaired) electrons. The molecule has 0 saturated heterocycles. The van der Waals surface area contributed by atoms with E-state index in [4.69, 9.17) is 4.84 Å². The van der Waals surface area contributed by atoms with Gasteiger partial charge in [-0.3, -0.25) is 9.63 Å². The average molecular weight is 348 g/mol. The molecule has 128 valence electrons. The number of hydrogen-bond donors (Lipinski definition) is 1. The van der Waals surface area contributed by atoms with Gasteiger partial charge in [0.2, 0.25) is 0 Å². The van der Waals surface area contributed by atoms with Gasteiger partial charge in [-0.15, -0.1) is 0 Å². The summed E-state index contributed by atoms with van der Waals surface area (Å²) in [6.07, 6.45) is 0.918. The van der Waals surface area contributed by atoms with E-state index >= 15 is 0 Å². The fraction of sp³-hybridized carbons (Fsp3) is 0.235. The minimum absolute atomic E-state index is 0.0131. The number of carbonyl (C=O) groups excluding carboxylic acids is 1. The van der Waals surface area contributed by atoms with E-state index in [-0.39, 0.29) is 16.4 Å². The minimum Gasteiger partial charge on any atom is -0.322 e. The van der Waals surface area contributed by atoms with E-state index in [0.29, 0.717) is 5.69 Å². The number of nitrogens with one attached hydrogen (secondary N) is 1. The number of anilines is 1. The van der Waals surface area contributed by atoms with Crippen LogP contribution in [-0.4, -0.2) is 33.0 Å². The van der Waals surface area contributed by atoms with Crippen LogP contribution in [0.25, 0.3) is 0 Å². The zero-order chi connectivity index (χ0) is 17.7. The van der Waals surface area contributed by atoms with E-state index in [9.17, 15) is 13.2 Å². The zero-order valence-electron chi connectivity index (χ0n) is 13.8. The molecule has 6 nitrogen and oxygen atoms in total. The van der Waals surface area contributed by atoms with Crippen LogP contribution >= 0.6 is 0 Å². The number of amides is 1. The Morgan fingerprint density at radius 3 is 2.42 bits per heavy atom. The van der Waals surface area contributed by atoms with Crippen molar-refractivity contribution in [1.82, 2.24) is 4.47 Å². The Balaban J connectivity index is 2.22. The lowest BCUT2D eigenvalue weighted by Gasteiger charge is -2.14. The van der Waals surface area contributed by atoms with Gasteiger partial charge in [0, 0.05) is 18.3 Å². The topological polar surface area (TPSA) is 75.7 Å². The van der Waals surface area contributed by atoms with Crippen molar-refractivity contribution in [2.75, 3.05) is 19.5 Å². The van der Waals surface area contributed by atoms with Gasteiger partial charge in [0.15, 0.2) is 0 Å². The van der Waals surface area contributed by atoms with Crippen molar-refractivity contribution in [2.24, 2.45) is 0 Å². The van der Waals surface area contributed by atoms with Crippen molar-refractivity contribution in [2.45, 2.75) is 18.2 Å². The monoisotopic (exact) mass is 348 g/mol. The zero-order valence-corrected chi connectivity index (χ0v) is 14.6. The van der Waals surface area contributed by atoms with Crippen molar-refractivity contribution >= 4 is 21.6 Å². The quantitative estimate of drug-likeness (QED) is 0.815. The highest BCUT2D eigenvalue weighted by atomic mass is 32.2. The van der Waals surface area contributed by atoms with E-state index in [1.54, 1.807) is 6.07 Å². The molecule has 0 atom stereocenters. The summed E-state index contributed by atoms with van der Waals surface area (Å²) in [5.41, 5.74) is 2.07. The summed E-state index contributed by atoms with van der Waals surface area (Å²) < 4.78 is 25.2. The molecule has 24 heavy (non-hydrogen) atoms. The molecule has 2 rings (SSSR count). The third kappa shape index (κ3) is 4.00. The molecule has 1 N–H and O–H groups in total. The molecular weight excluding hydrogens is 328 g/mol. The van der Waals surface area contributed by atoms with Crippen LogP contribution < -0.4 is 5.32 Å². The largest absolute Gasteiger partial charge is 0.322 e. The van der Waals surface area contributed by atoms with Crippen molar-refractivity contribution in [3.8, 4) is 0 Å². The number of hydrogen-bond acceptors (Lipinski definition) is 4. The van der Waals surface area contributed by atoms with E-state index < -0.39 is 10.0 Å². The number of sulfonamides is 1. The van der Waals surface area contributed by atoms with Gasteiger partial charge in [0.1, 0.15) is 0 Å². The van der Waals surface area contributed by atoms with E-state index in [2.05, 4.69) is 12.2 Å². The molecule has 0 aliphatic rings. The Bertz CT molecular complexity index is 817. The van der Waals surface area contributed by atoms with Crippen LogP contribution in [0.1, 0.15) is 22.8 Å². The fourth-order valence-corrected chi connectivity index (χ4v) is 3.09. The summed E-state index contributed by atoms with van der Waals surface area (Å²) in [5, 5.41) is 2.75. The van der Waals surface area contributed by atoms with Crippen LogP contribution in [0.5, 0.6) is 0 Å². The molecule has 2 aromatic rings. The molecule has 0 fully saturated rings. The van der Waals surface area contributed by atoms with Gasteiger partial charge in [-0.25, -0.2) is 8.42 Å². The summed E-state index contributed by atoms with van der Waals surface area (Å²) in [4.78, 5) is 17.1. The second-order valence-electron chi connectivity index (χ2n) is 5.13. The Labute approximate surface area is 142 Å². The SMILES string of the molecule is CCc1ccc(NC(=O)c2cccc(S(=O)(=O)N(C)OC)c2)cc1. The van der Waals surface area contributed by atoms with Crippen molar-refractivity contribution in [3.63, 3.8) is 0 Å². The van der Waals surface area contributed by atoms with Gasteiger partial charge >= 0.3 is 0 Å². The molecule has 0 unspecified atom stereocenters. The van der Waals surface area contributed by atoms with Gasteiger partial charge in [0.05, 0.1) is 12.0 Å². The van der Waals surface area contributed by atoms with Crippen LogP contribution in [0.2, 0.25) is 0 Å². The number of rotatable bonds is 6. The predicted octanol–water partition coefficient (Wildman–Crippen LogP) is 2.68. The molecular formula is C17H20N2O4S. The van der Waals surface area contributed by atoms with E-state index in [1.807, 2.05) is 24.3 Å². The Morgan fingerprint density at radius 2 is 1.83 bits per heavy atom. The molecule has 0 aliphatic carbocycles. The lowest BCUT2D eigenvalue weighted by atomic mass is 10.1. The summed E-state index contributed by atoms with van der Waals surface area (Å²) in [7, 11) is -1.25. The van der Waals surface area contributed by atoms with Crippen molar-refractivity contribution < 1.29 is 18.0 Å². The molecule has 0 aromatic heterocycles. The van der Waals surface area contributed by atoms with Crippen LogP contribution in [0.3, 0.4) is 0 Å². The van der Waals surface area contributed by atoms with Crippen LogP contribution in [0.4, 0.5) is 5.69 Å². The first-order chi connectivity index (χ1) is 11.4. The molecule has 0 saturated carbocycles. The highest BCUT2D eigenvalue weighted by Gasteiger charge is 2.21. The second kappa shape index (κ2) is 7.57. The lowest BCUT2D eigenvalue weighted by molar-refractivity contribution is -0.0258. The first-order valence-corrected chi connectivity index (χ1v) is 8.86. The summed E-state index contributed by atoms with van der Waals surface area (Å²) in [5.74, 6) is -0.378. The number of hydroxylamine groups is 1. The first kappa shape index (κ1) is 18.1. The average Bonchev–Trinajstić information content (AvgIpc) is 2.61. The third-order valence-corrected chi connectivity index (χ3v) is 5.29. The summed E-state index contributed by atoms with van der Waals surface area (Å²) in [6.45, 7) is 2.05. The fourth-order valence-electron chi connectivity index (χ4n) is 2.07. The Kier molecular flexibility index (Phi) is 5.71. The van der Waals surface area contributed by atoms with Crippen LogP contribution in [0, 0.1) is 0 Å². The third-order valence-electron chi connectivity index (χ3n) is 3.61. The van der Waals surface area contributed by atoms with Crippen molar-refractivity contribution in [3.05, 3.63) is 59.7 Å². The number of carbonyl (C=O) groups is 1. The van der Waals surface area contributed by atoms with Crippen LogP contribution in [-0.2, 0) is 21.3 Å². The molecule has 0 heterocycles. The standard InChI is InChI=1S/C17H20N2O4S/c1-4-13-8-10-15(11-9-13)18-17(20)14-6-5-7-16(12-14)24(21,22)19(2)23-3/h5-12H,4H2,1-3H3,(H,18,20). The normalized spacial score (nSPS) is 11.5. The molecule has 0 bridgehead atoms. The van der Waals surface area contributed by atoms with Crippen molar-refractivity contribution in [1.29, 1.82) is 0 Å². The minimum atomic E-state index is -3.80. The molecule has 0 aliphatic heterocycles. The number of benzene rings is 2. The number of aryl methyl sites for hydroxylation is 1. The van der Waals surface area contributed by atoms with E-state index in [0.717, 1.165) is 10.9 Å². The highest BCUT2D eigenvalue weighted by Crippen LogP contribution is 2.17. The first-order valence-electron chi connectivity index (χ1n) is 7.42. The van der Waals surface area contributed by atoms with Gasteiger partial charge in [-0.05, 0) is 42.3 Å². The van der Waals surface area contributed by atoms with Gasteiger partial charge in [-0.1, -0.05) is 29.6 Å². The molecule has 1 amide bonds. The van der Waals surface area contributed by atoms with Crippen LogP contribution in [0.15, 0.2) is 53.4 Å². The maximum Gasteiger partial charge on any atom is 0.264 e. The predicted molar refractivity (Wildman–Crippen MR) is 92.2 cm³/mol. The Hall–Kier alpha value is -2.22.